The maximum absolute atomic E-state index is 14.0. The number of imidazole rings is 1. The number of hydrogen-bond acceptors (Lipinski definition) is 8. The van der Waals surface area contributed by atoms with Crippen molar-refractivity contribution in [2.24, 2.45) is 0 Å². The number of likely N-dealkylation sites (tertiary alicyclic amines) is 1. The van der Waals surface area contributed by atoms with Crippen LogP contribution < -0.4 is 10.2 Å². The van der Waals surface area contributed by atoms with E-state index in [1.54, 1.807) is 29.2 Å². The van der Waals surface area contributed by atoms with Gasteiger partial charge in [0, 0.05) is 32.2 Å². The number of carbonyl (C=O) groups excluding carboxylic acids is 1. The van der Waals surface area contributed by atoms with Crippen LogP contribution in [0.2, 0.25) is 0 Å². The van der Waals surface area contributed by atoms with Gasteiger partial charge in [0.1, 0.15) is 5.88 Å². The normalized spacial score (nSPS) is 17.4. The lowest BCUT2D eigenvalue weighted by molar-refractivity contribution is -0.129. The molecule has 2 fully saturated rings. The molecule has 2 aromatic heterocycles. The topological polar surface area (TPSA) is 101 Å². The molecule has 3 aromatic rings. The number of fused-ring (bicyclic) bond motifs is 1. The van der Waals surface area contributed by atoms with Crippen molar-refractivity contribution in [2.45, 2.75) is 25.3 Å². The second kappa shape index (κ2) is 10.2. The predicted molar refractivity (Wildman–Crippen MR) is 126 cm³/mol. The Kier molecular flexibility index (Phi) is 6.91. The number of benzene rings is 1. The molecule has 2 aliphatic heterocycles. The Morgan fingerprint density at radius 3 is 2.49 bits per heavy atom. The zero-order valence-electron chi connectivity index (χ0n) is 18.9. The summed E-state index contributed by atoms with van der Waals surface area (Å²) >= 11 is 5.68. The molecule has 1 N–H and O–H groups in total. The molecule has 1 aromatic carbocycles. The third kappa shape index (κ3) is 4.98. The lowest BCUT2D eigenvalue weighted by Gasteiger charge is -2.32. The number of rotatable bonds is 6. The molecule has 10 nitrogen and oxygen atoms in total. The van der Waals surface area contributed by atoms with Gasteiger partial charge in [0.15, 0.2) is 5.82 Å². The first-order valence-electron chi connectivity index (χ1n) is 11.5. The highest BCUT2D eigenvalue weighted by Crippen LogP contribution is 2.28. The van der Waals surface area contributed by atoms with E-state index in [4.69, 9.17) is 16.3 Å². The van der Waals surface area contributed by atoms with Crippen molar-refractivity contribution >= 4 is 40.4 Å². The molecule has 1 amide bonds. The van der Waals surface area contributed by atoms with E-state index in [1.165, 1.54) is 4.57 Å². The summed E-state index contributed by atoms with van der Waals surface area (Å²) in [6, 6.07) is 6.90. The highest BCUT2D eigenvalue weighted by molar-refractivity contribution is 6.27. The molecule has 2 aliphatic rings. The molecule has 4 heterocycles. The number of aromatic nitrogens is 5. The van der Waals surface area contributed by atoms with Crippen LogP contribution in [0.15, 0.2) is 24.3 Å². The highest BCUT2D eigenvalue weighted by atomic mass is 35.5. The number of alkyl halides is 3. The maximum atomic E-state index is 14.0. The van der Waals surface area contributed by atoms with Crippen LogP contribution in [0.5, 0.6) is 0 Å². The Morgan fingerprint density at radius 2 is 1.77 bits per heavy atom. The summed E-state index contributed by atoms with van der Waals surface area (Å²) in [7, 11) is 0. The summed E-state index contributed by atoms with van der Waals surface area (Å²) in [5.74, 6) is 0.189. The Morgan fingerprint density at radius 1 is 1.06 bits per heavy atom. The predicted octanol–water partition coefficient (Wildman–Crippen LogP) is 2.63. The van der Waals surface area contributed by atoms with Gasteiger partial charge in [-0.3, -0.25) is 9.36 Å². The van der Waals surface area contributed by atoms with Crippen LogP contribution in [0.25, 0.3) is 17.0 Å². The number of piperidine rings is 1. The second-order valence-electron chi connectivity index (χ2n) is 8.39. The molecule has 0 saturated carbocycles. The fourth-order valence-corrected chi connectivity index (χ4v) is 4.53. The number of nitrogens with zero attached hydrogens (tertiary/aromatic N) is 7. The van der Waals surface area contributed by atoms with Crippen molar-refractivity contribution in [1.29, 1.82) is 0 Å². The largest absolute Gasteiger partial charge is 0.378 e. The van der Waals surface area contributed by atoms with Crippen LogP contribution in [-0.2, 0) is 9.53 Å². The van der Waals surface area contributed by atoms with E-state index in [9.17, 15) is 13.6 Å². The number of hydrogen-bond donors (Lipinski definition) is 1. The first-order chi connectivity index (χ1) is 17.0. The number of halogens is 3. The fraction of sp³-hybridized carbons (Fsp3) is 0.500. The SMILES string of the molecule is O=C(CCl)N1CCC(Nc2nc(N3CCOCC3)nc(-n3c(C(F)F)nc4ccccc43)n2)CC1. The van der Waals surface area contributed by atoms with E-state index in [-0.39, 0.29) is 29.7 Å². The minimum atomic E-state index is -2.81. The quantitative estimate of drug-likeness (QED) is 0.509. The van der Waals surface area contributed by atoms with E-state index in [1.807, 2.05) is 4.90 Å². The number of carbonyl (C=O) groups is 1. The van der Waals surface area contributed by atoms with Crippen molar-refractivity contribution < 1.29 is 18.3 Å². The molecule has 2 saturated heterocycles. The van der Waals surface area contributed by atoms with E-state index < -0.39 is 12.2 Å². The fourth-order valence-electron chi connectivity index (χ4n) is 4.36. The Bertz CT molecular complexity index is 1200. The minimum Gasteiger partial charge on any atom is -0.378 e. The van der Waals surface area contributed by atoms with Crippen molar-refractivity contribution in [2.75, 3.05) is 55.5 Å². The van der Waals surface area contributed by atoms with Gasteiger partial charge in [0.2, 0.25) is 23.8 Å². The summed E-state index contributed by atoms with van der Waals surface area (Å²) in [6.07, 6.45) is -1.44. The van der Waals surface area contributed by atoms with Gasteiger partial charge in [-0.15, -0.1) is 11.6 Å². The van der Waals surface area contributed by atoms with Crippen LogP contribution in [0.3, 0.4) is 0 Å². The zero-order chi connectivity index (χ0) is 24.4. The molecule has 35 heavy (non-hydrogen) atoms. The lowest BCUT2D eigenvalue weighted by Crippen LogP contribution is -2.43. The number of anilines is 2. The van der Waals surface area contributed by atoms with Crippen molar-refractivity contribution in [3.8, 4) is 5.95 Å². The molecule has 0 radical (unpaired) electrons. The van der Waals surface area contributed by atoms with Crippen molar-refractivity contribution in [3.63, 3.8) is 0 Å². The summed E-state index contributed by atoms with van der Waals surface area (Å²) in [5, 5.41) is 3.32. The molecule has 0 atom stereocenters. The van der Waals surface area contributed by atoms with Gasteiger partial charge >= 0.3 is 0 Å². The van der Waals surface area contributed by atoms with E-state index >= 15 is 0 Å². The summed E-state index contributed by atoms with van der Waals surface area (Å²) < 4.78 is 34.7. The smallest absolute Gasteiger partial charge is 0.296 e. The standard InChI is InChI=1S/C22H25ClF2N8O2/c23-13-17(34)31-7-5-14(6-8-31)26-20-28-21(32-9-11-35-12-10-32)30-22(29-20)33-16-4-2-1-3-15(16)27-19(33)18(24)25/h1-4,14,18H,5-13H2,(H,26,28,29,30). The van der Waals surface area contributed by atoms with Crippen molar-refractivity contribution in [1.82, 2.24) is 29.4 Å². The van der Waals surface area contributed by atoms with Gasteiger partial charge in [-0.1, -0.05) is 12.1 Å². The lowest BCUT2D eigenvalue weighted by atomic mass is 10.1. The number of amides is 1. The van der Waals surface area contributed by atoms with Crippen LogP contribution in [0.4, 0.5) is 20.7 Å². The number of ether oxygens (including phenoxy) is 1. The van der Waals surface area contributed by atoms with Crippen LogP contribution in [0, 0.1) is 0 Å². The van der Waals surface area contributed by atoms with Crippen LogP contribution in [-0.4, -0.2) is 86.6 Å². The first kappa shape index (κ1) is 23.6. The van der Waals surface area contributed by atoms with Crippen LogP contribution in [0.1, 0.15) is 25.1 Å². The van der Waals surface area contributed by atoms with E-state index in [2.05, 4.69) is 25.3 Å². The molecule has 5 rings (SSSR count). The molecule has 0 unspecified atom stereocenters. The molecular formula is C22H25ClF2N8O2. The molecule has 0 aliphatic carbocycles. The van der Waals surface area contributed by atoms with Gasteiger partial charge in [-0.2, -0.15) is 15.0 Å². The van der Waals surface area contributed by atoms with Crippen LogP contribution >= 0.6 is 11.6 Å². The average Bonchev–Trinajstić information content (AvgIpc) is 3.29. The summed E-state index contributed by atoms with van der Waals surface area (Å²) in [4.78, 5) is 33.4. The Hall–Kier alpha value is -3.12. The first-order valence-corrected chi connectivity index (χ1v) is 12.0. The van der Waals surface area contributed by atoms with Crippen molar-refractivity contribution in [3.05, 3.63) is 30.1 Å². The van der Waals surface area contributed by atoms with E-state index in [0.29, 0.717) is 69.2 Å². The van der Waals surface area contributed by atoms with Gasteiger partial charge in [-0.05, 0) is 25.0 Å². The van der Waals surface area contributed by atoms with E-state index in [0.717, 1.165) is 0 Å². The third-order valence-corrected chi connectivity index (χ3v) is 6.41. The Balaban J connectivity index is 1.50. The summed E-state index contributed by atoms with van der Waals surface area (Å²) in [6.45, 7) is 3.33. The minimum absolute atomic E-state index is 0.0104. The van der Waals surface area contributed by atoms with Gasteiger partial charge < -0.3 is 19.9 Å². The Labute approximate surface area is 205 Å². The maximum Gasteiger partial charge on any atom is 0.296 e. The van der Waals surface area contributed by atoms with Gasteiger partial charge in [0.25, 0.3) is 6.43 Å². The molecule has 186 valence electrons. The highest BCUT2D eigenvalue weighted by Gasteiger charge is 2.26. The summed E-state index contributed by atoms with van der Waals surface area (Å²) in [5.41, 5.74) is 0.919. The monoisotopic (exact) mass is 506 g/mol. The molecule has 0 spiro atoms. The molecular weight excluding hydrogens is 482 g/mol. The molecule has 0 bridgehead atoms. The second-order valence-corrected chi connectivity index (χ2v) is 8.65. The van der Waals surface area contributed by atoms with Gasteiger partial charge in [-0.25, -0.2) is 13.8 Å². The third-order valence-electron chi connectivity index (χ3n) is 6.18. The molecule has 13 heteroatoms. The number of para-hydroxylation sites is 2. The van der Waals surface area contributed by atoms with Gasteiger partial charge in [0.05, 0.1) is 24.2 Å². The number of nitrogens with one attached hydrogen (secondary N) is 1. The number of morpholine rings is 1. The zero-order valence-corrected chi connectivity index (χ0v) is 19.7. The average molecular weight is 507 g/mol.